The van der Waals surface area contributed by atoms with E-state index < -0.39 is 11.7 Å². The highest BCUT2D eigenvalue weighted by Gasteiger charge is 2.30. The summed E-state index contributed by atoms with van der Waals surface area (Å²) < 4.78 is 37.6. The lowest BCUT2D eigenvalue weighted by Gasteiger charge is -2.06. The SMILES string of the molecule is C=CCCc1nc(-c2ccc(C(F)(F)F)cc2)sc1CCl. The predicted molar refractivity (Wildman–Crippen MR) is 80.6 cm³/mol. The van der Waals surface area contributed by atoms with Gasteiger partial charge in [0.1, 0.15) is 5.01 Å². The molecule has 0 saturated carbocycles. The van der Waals surface area contributed by atoms with Crippen LogP contribution in [0.25, 0.3) is 10.6 Å². The molecule has 0 saturated heterocycles. The minimum atomic E-state index is -4.32. The smallest absolute Gasteiger partial charge is 0.241 e. The van der Waals surface area contributed by atoms with Crippen molar-refractivity contribution in [3.8, 4) is 10.6 Å². The molecule has 0 bridgehead atoms. The number of rotatable bonds is 5. The molecule has 112 valence electrons. The van der Waals surface area contributed by atoms with Crippen molar-refractivity contribution >= 4 is 22.9 Å². The third-order valence-corrected chi connectivity index (χ3v) is 4.52. The highest BCUT2D eigenvalue weighted by Crippen LogP contribution is 2.33. The first-order chi connectivity index (χ1) is 9.95. The van der Waals surface area contributed by atoms with E-state index in [1.807, 2.05) is 0 Å². The van der Waals surface area contributed by atoms with E-state index in [0.29, 0.717) is 16.5 Å². The molecule has 1 aromatic heterocycles. The number of allylic oxidation sites excluding steroid dienone is 1. The normalized spacial score (nSPS) is 11.6. The minimum absolute atomic E-state index is 0.352. The summed E-state index contributed by atoms with van der Waals surface area (Å²) in [6.45, 7) is 3.66. The van der Waals surface area contributed by atoms with E-state index in [1.54, 1.807) is 6.08 Å². The number of aryl methyl sites for hydroxylation is 1. The first-order valence-corrected chi connectivity index (χ1v) is 7.64. The first kappa shape index (κ1) is 16.0. The Labute approximate surface area is 130 Å². The average molecular weight is 332 g/mol. The van der Waals surface area contributed by atoms with Gasteiger partial charge in [-0.25, -0.2) is 4.98 Å². The molecule has 0 N–H and O–H groups in total. The fraction of sp³-hybridized carbons (Fsp3) is 0.267. The lowest BCUT2D eigenvalue weighted by Crippen LogP contribution is -2.03. The van der Waals surface area contributed by atoms with Crippen molar-refractivity contribution in [3.63, 3.8) is 0 Å². The van der Waals surface area contributed by atoms with Crippen LogP contribution in [-0.2, 0) is 18.5 Å². The Balaban J connectivity index is 2.29. The Hall–Kier alpha value is -1.33. The van der Waals surface area contributed by atoms with Crippen molar-refractivity contribution in [2.45, 2.75) is 24.9 Å². The molecule has 0 aliphatic heterocycles. The zero-order valence-electron chi connectivity index (χ0n) is 11.1. The van der Waals surface area contributed by atoms with E-state index in [4.69, 9.17) is 11.6 Å². The van der Waals surface area contributed by atoms with E-state index in [1.165, 1.54) is 23.5 Å². The number of thiazole rings is 1. The van der Waals surface area contributed by atoms with Gasteiger partial charge in [-0.05, 0) is 25.0 Å². The number of nitrogens with zero attached hydrogens (tertiary/aromatic N) is 1. The monoisotopic (exact) mass is 331 g/mol. The van der Waals surface area contributed by atoms with Crippen LogP contribution >= 0.6 is 22.9 Å². The first-order valence-electron chi connectivity index (χ1n) is 6.28. The molecular formula is C15H13ClF3NS. The maximum absolute atomic E-state index is 12.5. The minimum Gasteiger partial charge on any atom is -0.241 e. The lowest BCUT2D eigenvalue weighted by molar-refractivity contribution is -0.137. The predicted octanol–water partition coefficient (Wildman–Crippen LogP) is 5.69. The summed E-state index contributed by atoms with van der Waals surface area (Å²) in [5.41, 5.74) is 0.904. The largest absolute Gasteiger partial charge is 0.416 e. The molecular weight excluding hydrogens is 319 g/mol. The second kappa shape index (κ2) is 6.62. The molecule has 2 rings (SSSR count). The maximum Gasteiger partial charge on any atom is 0.416 e. The van der Waals surface area contributed by atoms with Gasteiger partial charge in [-0.15, -0.1) is 29.5 Å². The zero-order chi connectivity index (χ0) is 15.5. The van der Waals surface area contributed by atoms with Gasteiger partial charge < -0.3 is 0 Å². The molecule has 0 aliphatic rings. The molecule has 21 heavy (non-hydrogen) atoms. The summed E-state index contributed by atoms with van der Waals surface area (Å²) in [6, 6.07) is 5.02. The van der Waals surface area contributed by atoms with Crippen LogP contribution in [0.5, 0.6) is 0 Å². The summed E-state index contributed by atoms with van der Waals surface area (Å²) in [5, 5.41) is 0.693. The van der Waals surface area contributed by atoms with E-state index in [0.717, 1.165) is 35.5 Å². The van der Waals surface area contributed by atoms with Gasteiger partial charge in [0, 0.05) is 10.4 Å². The fourth-order valence-corrected chi connectivity index (χ4v) is 3.13. The maximum atomic E-state index is 12.5. The van der Waals surface area contributed by atoms with Gasteiger partial charge in [-0.1, -0.05) is 18.2 Å². The summed E-state index contributed by atoms with van der Waals surface area (Å²) in [4.78, 5) is 5.44. The van der Waals surface area contributed by atoms with Gasteiger partial charge >= 0.3 is 6.18 Å². The number of hydrogen-bond acceptors (Lipinski definition) is 2. The number of alkyl halides is 4. The van der Waals surface area contributed by atoms with Crippen LogP contribution in [0.3, 0.4) is 0 Å². The third kappa shape index (κ3) is 3.86. The van der Waals surface area contributed by atoms with Crippen LogP contribution in [-0.4, -0.2) is 4.98 Å². The second-order valence-electron chi connectivity index (χ2n) is 4.42. The summed E-state index contributed by atoms with van der Waals surface area (Å²) in [7, 11) is 0. The molecule has 1 heterocycles. The highest BCUT2D eigenvalue weighted by molar-refractivity contribution is 7.15. The quantitative estimate of drug-likeness (QED) is 0.507. The lowest BCUT2D eigenvalue weighted by atomic mass is 10.1. The number of aromatic nitrogens is 1. The van der Waals surface area contributed by atoms with Crippen molar-refractivity contribution in [3.05, 3.63) is 53.1 Å². The summed E-state index contributed by atoms with van der Waals surface area (Å²) in [5.74, 6) is 0.352. The Morgan fingerprint density at radius 3 is 2.43 bits per heavy atom. The standard InChI is InChI=1S/C15H13ClF3NS/c1-2-3-4-12-13(9-16)21-14(20-12)10-5-7-11(8-6-10)15(17,18)19/h2,5-8H,1,3-4,9H2. The van der Waals surface area contributed by atoms with Gasteiger partial charge in [-0.3, -0.25) is 0 Å². The Kier molecular flexibility index (Phi) is 5.06. The molecule has 6 heteroatoms. The topological polar surface area (TPSA) is 12.9 Å². The molecule has 0 spiro atoms. The molecule has 0 radical (unpaired) electrons. The fourth-order valence-electron chi connectivity index (χ4n) is 1.85. The van der Waals surface area contributed by atoms with Crippen LogP contribution in [0.15, 0.2) is 36.9 Å². The zero-order valence-corrected chi connectivity index (χ0v) is 12.7. The van der Waals surface area contributed by atoms with E-state index in [2.05, 4.69) is 11.6 Å². The van der Waals surface area contributed by atoms with Gasteiger partial charge in [-0.2, -0.15) is 13.2 Å². The molecule has 0 unspecified atom stereocenters. The molecule has 0 atom stereocenters. The Morgan fingerprint density at radius 2 is 1.90 bits per heavy atom. The van der Waals surface area contributed by atoms with E-state index in [-0.39, 0.29) is 0 Å². The average Bonchev–Trinajstić information content (AvgIpc) is 2.87. The Bertz CT molecular complexity index is 617. The van der Waals surface area contributed by atoms with Crippen LogP contribution in [0.2, 0.25) is 0 Å². The highest BCUT2D eigenvalue weighted by atomic mass is 35.5. The van der Waals surface area contributed by atoms with Crippen LogP contribution < -0.4 is 0 Å². The van der Waals surface area contributed by atoms with Gasteiger partial charge in [0.2, 0.25) is 0 Å². The molecule has 0 fully saturated rings. The van der Waals surface area contributed by atoms with Gasteiger partial charge in [0.15, 0.2) is 0 Å². The molecule has 0 amide bonds. The van der Waals surface area contributed by atoms with Crippen LogP contribution in [0.4, 0.5) is 13.2 Å². The molecule has 1 nitrogen and oxygen atoms in total. The summed E-state index contributed by atoms with van der Waals surface area (Å²) >= 11 is 7.31. The molecule has 0 aliphatic carbocycles. The van der Waals surface area contributed by atoms with Crippen LogP contribution in [0, 0.1) is 0 Å². The second-order valence-corrected chi connectivity index (χ2v) is 5.78. The van der Waals surface area contributed by atoms with Crippen molar-refractivity contribution in [2.24, 2.45) is 0 Å². The number of halogens is 4. The van der Waals surface area contributed by atoms with Crippen molar-refractivity contribution in [1.29, 1.82) is 0 Å². The summed E-state index contributed by atoms with van der Waals surface area (Å²) in [6.07, 6.45) is -0.990. The van der Waals surface area contributed by atoms with Crippen molar-refractivity contribution in [1.82, 2.24) is 4.98 Å². The van der Waals surface area contributed by atoms with E-state index in [9.17, 15) is 13.2 Å². The molecule has 2 aromatic rings. The van der Waals surface area contributed by atoms with Gasteiger partial charge in [0.25, 0.3) is 0 Å². The number of hydrogen-bond donors (Lipinski definition) is 0. The van der Waals surface area contributed by atoms with Crippen LogP contribution in [0.1, 0.15) is 22.6 Å². The number of benzene rings is 1. The third-order valence-electron chi connectivity index (χ3n) is 2.94. The van der Waals surface area contributed by atoms with Crippen molar-refractivity contribution < 1.29 is 13.2 Å². The van der Waals surface area contributed by atoms with Crippen molar-refractivity contribution in [2.75, 3.05) is 0 Å². The molecule has 1 aromatic carbocycles. The van der Waals surface area contributed by atoms with E-state index >= 15 is 0 Å². The van der Waals surface area contributed by atoms with Gasteiger partial charge in [0.05, 0.1) is 17.1 Å². The Morgan fingerprint density at radius 1 is 1.24 bits per heavy atom.